The summed E-state index contributed by atoms with van der Waals surface area (Å²) in [5, 5.41) is 5.56. The monoisotopic (exact) mass is 305 g/mol. The second kappa shape index (κ2) is 7.50. The highest BCUT2D eigenvalue weighted by Crippen LogP contribution is 2.17. The predicted octanol–water partition coefficient (Wildman–Crippen LogP) is 3.24. The highest BCUT2D eigenvalue weighted by Gasteiger charge is 2.05. The number of hydrogen-bond donors (Lipinski definition) is 2. The first kappa shape index (κ1) is 15.1. The number of anilines is 1. The lowest BCUT2D eigenvalue weighted by Gasteiger charge is -2.10. The summed E-state index contributed by atoms with van der Waals surface area (Å²) in [5.74, 6) is 0.815. The Morgan fingerprint density at radius 2 is 2.10 bits per heavy atom. The Morgan fingerprint density at radius 1 is 1.29 bits per heavy atom. The van der Waals surface area contributed by atoms with E-state index in [0.717, 1.165) is 11.3 Å². The third kappa shape index (κ3) is 4.65. The first-order valence-corrected chi connectivity index (χ1v) is 6.88. The number of amides is 2. The van der Waals surface area contributed by atoms with E-state index in [1.54, 1.807) is 18.3 Å². The van der Waals surface area contributed by atoms with Crippen molar-refractivity contribution in [3.05, 3.63) is 53.3 Å². The molecule has 1 heterocycles. The number of halogens is 1. The van der Waals surface area contributed by atoms with E-state index in [9.17, 15) is 4.79 Å². The van der Waals surface area contributed by atoms with Crippen LogP contribution in [0.1, 0.15) is 5.56 Å². The molecule has 21 heavy (non-hydrogen) atoms. The van der Waals surface area contributed by atoms with E-state index in [4.69, 9.17) is 16.3 Å². The van der Waals surface area contributed by atoms with Crippen molar-refractivity contribution in [2.45, 2.75) is 6.92 Å². The molecular formula is C15H16ClN3O2. The van der Waals surface area contributed by atoms with Gasteiger partial charge in [-0.2, -0.15) is 0 Å². The van der Waals surface area contributed by atoms with Crippen LogP contribution in [0.5, 0.6) is 5.75 Å². The molecule has 0 aliphatic heterocycles. The van der Waals surface area contributed by atoms with E-state index in [2.05, 4.69) is 15.6 Å². The minimum absolute atomic E-state index is 0.254. The van der Waals surface area contributed by atoms with E-state index < -0.39 is 0 Å². The Labute approximate surface area is 128 Å². The molecule has 0 saturated carbocycles. The lowest BCUT2D eigenvalue weighted by molar-refractivity contribution is 0.247. The van der Waals surface area contributed by atoms with E-state index in [1.807, 2.05) is 31.2 Å². The Bertz CT molecular complexity index is 619. The van der Waals surface area contributed by atoms with Crippen molar-refractivity contribution in [3.8, 4) is 5.75 Å². The molecule has 2 amide bonds. The summed E-state index contributed by atoms with van der Waals surface area (Å²) < 4.78 is 5.58. The molecule has 2 rings (SSSR count). The largest absolute Gasteiger partial charge is 0.491 e. The minimum atomic E-state index is -0.349. The van der Waals surface area contributed by atoms with Crippen LogP contribution in [0.25, 0.3) is 0 Å². The van der Waals surface area contributed by atoms with Gasteiger partial charge in [-0.25, -0.2) is 9.78 Å². The molecule has 0 aliphatic rings. The fourth-order valence-electron chi connectivity index (χ4n) is 1.69. The Morgan fingerprint density at radius 3 is 2.86 bits per heavy atom. The Kier molecular flexibility index (Phi) is 5.40. The maximum absolute atomic E-state index is 11.7. The van der Waals surface area contributed by atoms with Gasteiger partial charge in [-0.3, -0.25) is 0 Å². The number of carbonyl (C=O) groups is 1. The molecule has 0 atom stereocenters. The Hall–Kier alpha value is -2.27. The molecule has 2 aromatic rings. The predicted molar refractivity (Wildman–Crippen MR) is 82.9 cm³/mol. The molecule has 1 aromatic heterocycles. The van der Waals surface area contributed by atoms with E-state index in [0.29, 0.717) is 18.8 Å². The summed E-state index contributed by atoms with van der Waals surface area (Å²) >= 11 is 5.85. The van der Waals surface area contributed by atoms with Gasteiger partial charge in [0.15, 0.2) is 5.15 Å². The lowest BCUT2D eigenvalue weighted by Crippen LogP contribution is -2.32. The van der Waals surface area contributed by atoms with Crippen LogP contribution in [0, 0.1) is 6.92 Å². The van der Waals surface area contributed by atoms with Gasteiger partial charge in [-0.05, 0) is 30.7 Å². The molecule has 5 nitrogen and oxygen atoms in total. The zero-order valence-corrected chi connectivity index (χ0v) is 12.4. The summed E-state index contributed by atoms with van der Waals surface area (Å²) in [6, 6.07) is 10.8. The third-order valence-electron chi connectivity index (χ3n) is 2.75. The number of aryl methyl sites for hydroxylation is 1. The van der Waals surface area contributed by atoms with Gasteiger partial charge in [0.25, 0.3) is 0 Å². The number of urea groups is 1. The maximum atomic E-state index is 11.7. The average Bonchev–Trinajstić information content (AvgIpc) is 2.48. The normalized spacial score (nSPS) is 10.0. The number of pyridine rings is 1. The third-order valence-corrected chi connectivity index (χ3v) is 3.05. The summed E-state index contributed by atoms with van der Waals surface area (Å²) in [4.78, 5) is 15.6. The molecule has 0 saturated heterocycles. The van der Waals surface area contributed by atoms with Gasteiger partial charge in [-0.1, -0.05) is 29.8 Å². The van der Waals surface area contributed by atoms with Gasteiger partial charge >= 0.3 is 6.03 Å². The molecule has 0 fully saturated rings. The van der Waals surface area contributed by atoms with E-state index >= 15 is 0 Å². The number of carbonyl (C=O) groups excluding carboxylic acids is 1. The van der Waals surface area contributed by atoms with Gasteiger partial charge < -0.3 is 15.4 Å². The number of para-hydroxylation sites is 1. The van der Waals surface area contributed by atoms with Crippen molar-refractivity contribution in [2.75, 3.05) is 18.5 Å². The molecule has 2 N–H and O–H groups in total. The lowest BCUT2D eigenvalue weighted by atomic mass is 10.2. The molecule has 0 aliphatic carbocycles. The second-order valence-corrected chi connectivity index (χ2v) is 4.69. The molecule has 0 unspecified atom stereocenters. The van der Waals surface area contributed by atoms with Crippen LogP contribution in [-0.2, 0) is 0 Å². The molecule has 110 valence electrons. The van der Waals surface area contributed by atoms with Crippen LogP contribution in [0.3, 0.4) is 0 Å². The number of nitrogens with one attached hydrogen (secondary N) is 2. The molecule has 0 radical (unpaired) electrons. The molecule has 0 bridgehead atoms. The van der Waals surface area contributed by atoms with Crippen molar-refractivity contribution in [1.82, 2.24) is 10.3 Å². The van der Waals surface area contributed by atoms with Crippen molar-refractivity contribution < 1.29 is 9.53 Å². The standard InChI is InChI=1S/C15H16ClN3O2/c1-11-5-2-3-7-13(11)21-10-9-18-15(20)19-12-6-4-8-17-14(12)16/h2-8H,9-10H2,1H3,(H2,18,19,20). The zero-order chi connectivity index (χ0) is 15.1. The smallest absolute Gasteiger partial charge is 0.319 e. The average molecular weight is 306 g/mol. The quantitative estimate of drug-likeness (QED) is 0.658. The molecular weight excluding hydrogens is 290 g/mol. The summed E-state index contributed by atoms with van der Waals surface area (Å²) in [6.45, 7) is 2.75. The summed E-state index contributed by atoms with van der Waals surface area (Å²) in [6.07, 6.45) is 1.56. The highest BCUT2D eigenvalue weighted by atomic mass is 35.5. The highest BCUT2D eigenvalue weighted by molar-refractivity contribution is 6.32. The number of benzene rings is 1. The van der Waals surface area contributed by atoms with Gasteiger partial charge in [0.2, 0.25) is 0 Å². The van der Waals surface area contributed by atoms with Gasteiger partial charge in [0.05, 0.1) is 12.2 Å². The topological polar surface area (TPSA) is 63.2 Å². The fraction of sp³-hybridized carbons (Fsp3) is 0.200. The van der Waals surface area contributed by atoms with E-state index in [-0.39, 0.29) is 11.2 Å². The number of nitrogens with zero attached hydrogens (tertiary/aromatic N) is 1. The van der Waals surface area contributed by atoms with Gasteiger partial charge in [0, 0.05) is 6.20 Å². The number of aromatic nitrogens is 1. The van der Waals surface area contributed by atoms with Crippen molar-refractivity contribution in [1.29, 1.82) is 0 Å². The van der Waals surface area contributed by atoms with Crippen LogP contribution in [0.4, 0.5) is 10.5 Å². The summed E-state index contributed by atoms with van der Waals surface area (Å²) in [7, 11) is 0. The van der Waals surface area contributed by atoms with Crippen molar-refractivity contribution in [2.24, 2.45) is 0 Å². The van der Waals surface area contributed by atoms with Crippen LogP contribution >= 0.6 is 11.6 Å². The fourth-order valence-corrected chi connectivity index (χ4v) is 1.86. The molecule has 0 spiro atoms. The molecule has 6 heteroatoms. The number of hydrogen-bond acceptors (Lipinski definition) is 3. The first-order chi connectivity index (χ1) is 10.2. The minimum Gasteiger partial charge on any atom is -0.491 e. The number of ether oxygens (including phenoxy) is 1. The SMILES string of the molecule is Cc1ccccc1OCCNC(=O)Nc1cccnc1Cl. The summed E-state index contributed by atoms with van der Waals surface area (Å²) in [5.41, 5.74) is 1.53. The van der Waals surface area contributed by atoms with E-state index in [1.165, 1.54) is 0 Å². The molecule has 1 aromatic carbocycles. The van der Waals surface area contributed by atoms with Crippen LogP contribution < -0.4 is 15.4 Å². The Balaban J connectivity index is 1.73. The second-order valence-electron chi connectivity index (χ2n) is 4.34. The van der Waals surface area contributed by atoms with Crippen LogP contribution in [0.15, 0.2) is 42.6 Å². The zero-order valence-electron chi connectivity index (χ0n) is 11.6. The van der Waals surface area contributed by atoms with Crippen molar-refractivity contribution in [3.63, 3.8) is 0 Å². The maximum Gasteiger partial charge on any atom is 0.319 e. The number of rotatable bonds is 5. The van der Waals surface area contributed by atoms with Gasteiger partial charge in [0.1, 0.15) is 12.4 Å². The van der Waals surface area contributed by atoms with Gasteiger partial charge in [-0.15, -0.1) is 0 Å². The van der Waals surface area contributed by atoms with Crippen molar-refractivity contribution >= 4 is 23.3 Å². The first-order valence-electron chi connectivity index (χ1n) is 6.50. The van der Waals surface area contributed by atoms with Crippen LogP contribution in [0.2, 0.25) is 5.15 Å². The van der Waals surface area contributed by atoms with Crippen LogP contribution in [-0.4, -0.2) is 24.2 Å².